The number of amides is 2. The Bertz CT molecular complexity index is 678. The van der Waals surface area contributed by atoms with Gasteiger partial charge < -0.3 is 25.0 Å². The van der Waals surface area contributed by atoms with Crippen LogP contribution >= 0.6 is 12.4 Å². The number of likely N-dealkylation sites (tertiary alicyclic amines) is 1. The Morgan fingerprint density at radius 2 is 1.61 bits per heavy atom. The first-order valence-electron chi connectivity index (χ1n) is 9.46. The molecule has 8 heteroatoms. The number of carbonyl (C=O) groups is 2. The molecule has 0 bridgehead atoms. The van der Waals surface area contributed by atoms with E-state index in [1.165, 1.54) is 14.2 Å². The van der Waals surface area contributed by atoms with Crippen molar-refractivity contribution in [2.45, 2.75) is 19.9 Å². The Balaban J connectivity index is 0.00000280. The van der Waals surface area contributed by atoms with Crippen molar-refractivity contribution in [1.82, 2.24) is 15.5 Å². The zero-order valence-electron chi connectivity index (χ0n) is 16.9. The van der Waals surface area contributed by atoms with Gasteiger partial charge in [-0.25, -0.2) is 0 Å². The van der Waals surface area contributed by atoms with Crippen LogP contribution < -0.4 is 20.1 Å². The van der Waals surface area contributed by atoms with E-state index in [0.717, 1.165) is 26.2 Å². The van der Waals surface area contributed by atoms with Gasteiger partial charge in [-0.1, -0.05) is 13.8 Å². The summed E-state index contributed by atoms with van der Waals surface area (Å²) in [5.41, 5.74) is 0.409. The molecule has 1 aromatic rings. The van der Waals surface area contributed by atoms with E-state index in [1.54, 1.807) is 18.2 Å². The number of nitrogens with zero attached hydrogens (tertiary/aromatic N) is 1. The first-order chi connectivity index (χ1) is 12.9. The quantitative estimate of drug-likeness (QED) is 0.742. The molecule has 2 heterocycles. The van der Waals surface area contributed by atoms with Crippen LogP contribution in [-0.4, -0.2) is 63.2 Å². The van der Waals surface area contributed by atoms with E-state index in [9.17, 15) is 9.59 Å². The number of hydrogen-bond acceptors (Lipinski definition) is 5. The molecule has 0 radical (unpaired) electrons. The van der Waals surface area contributed by atoms with Crippen LogP contribution in [0.15, 0.2) is 18.2 Å². The number of fused-ring (bicyclic) bond motifs is 1. The number of ether oxygens (including phenoxy) is 2. The molecule has 0 spiro atoms. The first-order valence-corrected chi connectivity index (χ1v) is 9.46. The van der Waals surface area contributed by atoms with Crippen molar-refractivity contribution < 1.29 is 19.1 Å². The van der Waals surface area contributed by atoms with Crippen LogP contribution in [-0.2, 0) is 4.79 Å². The van der Waals surface area contributed by atoms with Gasteiger partial charge in [-0.15, -0.1) is 12.4 Å². The van der Waals surface area contributed by atoms with Gasteiger partial charge in [0, 0.05) is 37.8 Å². The molecule has 0 aliphatic carbocycles. The average Bonchev–Trinajstić information content (AvgIpc) is 3.26. The molecule has 3 atom stereocenters. The summed E-state index contributed by atoms with van der Waals surface area (Å²) in [6.07, 6.45) is 0. The highest BCUT2D eigenvalue weighted by Gasteiger charge is 2.40. The second-order valence-electron chi connectivity index (χ2n) is 7.72. The molecule has 1 aromatic carbocycles. The fraction of sp³-hybridized carbons (Fsp3) is 0.600. The third kappa shape index (κ3) is 4.70. The van der Waals surface area contributed by atoms with Gasteiger partial charge in [-0.2, -0.15) is 0 Å². The summed E-state index contributed by atoms with van der Waals surface area (Å²) in [5.74, 6) is 1.81. The van der Waals surface area contributed by atoms with Crippen molar-refractivity contribution in [1.29, 1.82) is 0 Å². The van der Waals surface area contributed by atoms with Crippen molar-refractivity contribution in [2.75, 3.05) is 40.4 Å². The highest BCUT2D eigenvalue weighted by atomic mass is 35.5. The molecule has 0 saturated carbocycles. The molecular weight excluding hydrogens is 382 g/mol. The van der Waals surface area contributed by atoms with Crippen LogP contribution in [0.2, 0.25) is 0 Å². The van der Waals surface area contributed by atoms with E-state index in [4.69, 9.17) is 9.47 Å². The number of halogens is 1. The van der Waals surface area contributed by atoms with Crippen molar-refractivity contribution in [3.63, 3.8) is 0 Å². The van der Waals surface area contributed by atoms with Gasteiger partial charge in [0.1, 0.15) is 17.5 Å². The minimum Gasteiger partial charge on any atom is -0.497 e. The second-order valence-corrected chi connectivity index (χ2v) is 7.72. The van der Waals surface area contributed by atoms with E-state index in [1.807, 2.05) is 18.7 Å². The lowest BCUT2D eigenvalue weighted by molar-refractivity contribution is -0.133. The van der Waals surface area contributed by atoms with Gasteiger partial charge in [0.05, 0.1) is 14.2 Å². The van der Waals surface area contributed by atoms with Crippen molar-refractivity contribution >= 4 is 24.2 Å². The zero-order chi connectivity index (χ0) is 19.6. The van der Waals surface area contributed by atoms with E-state index >= 15 is 0 Å². The number of methoxy groups -OCH3 is 2. The van der Waals surface area contributed by atoms with Gasteiger partial charge >= 0.3 is 0 Å². The molecule has 3 rings (SSSR count). The van der Waals surface area contributed by atoms with E-state index in [-0.39, 0.29) is 30.1 Å². The summed E-state index contributed by atoms with van der Waals surface area (Å²) in [5, 5.41) is 6.30. The zero-order valence-corrected chi connectivity index (χ0v) is 17.7. The highest BCUT2D eigenvalue weighted by Crippen LogP contribution is 2.27. The summed E-state index contributed by atoms with van der Waals surface area (Å²) < 4.78 is 10.5. The maximum absolute atomic E-state index is 13.1. The van der Waals surface area contributed by atoms with Crippen LogP contribution in [0.3, 0.4) is 0 Å². The number of nitrogens with one attached hydrogen (secondary N) is 2. The van der Waals surface area contributed by atoms with E-state index in [0.29, 0.717) is 28.9 Å². The standard InChI is InChI=1S/C20H29N3O4.ClH/c1-12(2)18(20(25)23-10-14-8-21-9-15(14)11-23)22-19(24)13-5-16(26-3)7-17(6-13)27-4;/h5-7,12,14-15,18,21H,8-11H2,1-4H3,(H,22,24);1H/t14-,15+,18?;. The molecule has 1 unspecified atom stereocenters. The Kier molecular flexibility index (Phi) is 7.55. The molecule has 2 amide bonds. The van der Waals surface area contributed by atoms with Crippen LogP contribution in [0.4, 0.5) is 0 Å². The topological polar surface area (TPSA) is 79.9 Å². The van der Waals surface area contributed by atoms with Crippen LogP contribution in [0.1, 0.15) is 24.2 Å². The first kappa shape index (κ1) is 22.3. The number of carbonyl (C=O) groups excluding carboxylic acids is 2. The minimum atomic E-state index is -0.554. The summed E-state index contributed by atoms with van der Waals surface area (Å²) in [6, 6.07) is 4.44. The second kappa shape index (κ2) is 9.47. The lowest BCUT2D eigenvalue weighted by atomic mass is 10.0. The lowest BCUT2D eigenvalue weighted by Crippen LogP contribution is -2.51. The molecule has 156 valence electrons. The van der Waals surface area contributed by atoms with E-state index in [2.05, 4.69) is 10.6 Å². The summed E-state index contributed by atoms with van der Waals surface area (Å²) in [4.78, 5) is 27.8. The maximum Gasteiger partial charge on any atom is 0.252 e. The SMILES string of the molecule is COc1cc(OC)cc(C(=O)NC(C(=O)N2C[C@H]3CNC[C@H]3C2)C(C)C)c1.Cl. The molecule has 0 aromatic heterocycles. The molecule has 2 aliphatic heterocycles. The molecule has 2 saturated heterocycles. The number of rotatable bonds is 6. The van der Waals surface area contributed by atoms with Crippen molar-refractivity contribution in [3.8, 4) is 11.5 Å². The van der Waals surface area contributed by atoms with Crippen molar-refractivity contribution in [3.05, 3.63) is 23.8 Å². The summed E-state index contributed by atoms with van der Waals surface area (Å²) >= 11 is 0. The summed E-state index contributed by atoms with van der Waals surface area (Å²) in [7, 11) is 3.08. The predicted octanol–water partition coefficient (Wildman–Crippen LogP) is 1.56. The fourth-order valence-electron chi connectivity index (χ4n) is 3.91. The van der Waals surface area contributed by atoms with Crippen molar-refractivity contribution in [2.24, 2.45) is 17.8 Å². The summed E-state index contributed by atoms with van der Waals surface area (Å²) in [6.45, 7) is 7.37. The third-order valence-corrected chi connectivity index (χ3v) is 5.53. The monoisotopic (exact) mass is 411 g/mol. The number of hydrogen-bond donors (Lipinski definition) is 2. The fourth-order valence-corrected chi connectivity index (χ4v) is 3.91. The van der Waals surface area contributed by atoms with Gasteiger partial charge in [0.15, 0.2) is 0 Å². The Morgan fingerprint density at radius 3 is 2.07 bits per heavy atom. The molecule has 7 nitrogen and oxygen atoms in total. The van der Waals surface area contributed by atoms with Crippen LogP contribution in [0.25, 0.3) is 0 Å². The van der Waals surface area contributed by atoms with Gasteiger partial charge in [0.25, 0.3) is 5.91 Å². The third-order valence-electron chi connectivity index (χ3n) is 5.53. The van der Waals surface area contributed by atoms with Gasteiger partial charge in [-0.05, 0) is 29.9 Å². The lowest BCUT2D eigenvalue weighted by Gasteiger charge is -2.27. The Morgan fingerprint density at radius 1 is 1.07 bits per heavy atom. The molecular formula is C20H30ClN3O4. The molecule has 28 heavy (non-hydrogen) atoms. The highest BCUT2D eigenvalue weighted by molar-refractivity contribution is 5.98. The average molecular weight is 412 g/mol. The molecule has 2 N–H and O–H groups in total. The van der Waals surface area contributed by atoms with Crippen LogP contribution in [0.5, 0.6) is 11.5 Å². The smallest absolute Gasteiger partial charge is 0.252 e. The Labute approximate surface area is 172 Å². The van der Waals surface area contributed by atoms with E-state index < -0.39 is 6.04 Å². The predicted molar refractivity (Wildman–Crippen MR) is 109 cm³/mol. The van der Waals surface area contributed by atoms with Gasteiger partial charge in [-0.3, -0.25) is 9.59 Å². The van der Waals surface area contributed by atoms with Gasteiger partial charge in [0.2, 0.25) is 5.91 Å². The Hall–Kier alpha value is -1.99. The molecule has 2 aliphatic rings. The minimum absolute atomic E-state index is 0. The maximum atomic E-state index is 13.1. The molecule has 2 fully saturated rings. The normalized spacial score (nSPS) is 21.7. The largest absolute Gasteiger partial charge is 0.497 e. The number of benzene rings is 1. The van der Waals surface area contributed by atoms with Crippen LogP contribution in [0, 0.1) is 17.8 Å².